The van der Waals surface area contributed by atoms with Crippen molar-refractivity contribution >= 4 is 11.6 Å². The zero-order valence-electron chi connectivity index (χ0n) is 15.6. The average Bonchev–Trinajstić information content (AvgIpc) is 2.71. The van der Waals surface area contributed by atoms with Gasteiger partial charge in [0.1, 0.15) is 11.5 Å². The fourth-order valence-corrected chi connectivity index (χ4v) is 3.54. The van der Waals surface area contributed by atoms with Crippen LogP contribution in [0.25, 0.3) is 0 Å². The number of ether oxygens (including phenoxy) is 1. The molecule has 3 nitrogen and oxygen atoms in total. The van der Waals surface area contributed by atoms with Crippen LogP contribution in [0.5, 0.6) is 11.5 Å². The van der Waals surface area contributed by atoms with E-state index in [1.54, 1.807) is 0 Å². The molecule has 1 amide bonds. The van der Waals surface area contributed by atoms with Gasteiger partial charge in [0.25, 0.3) is 0 Å². The third kappa shape index (κ3) is 3.33. The molecule has 0 fully saturated rings. The maximum absolute atomic E-state index is 13.2. The van der Waals surface area contributed by atoms with Crippen LogP contribution < -0.4 is 10.1 Å². The van der Waals surface area contributed by atoms with Crippen molar-refractivity contribution in [2.75, 3.05) is 5.32 Å². The smallest absolute Gasteiger partial charge is 0.236 e. The number of amides is 1. The first-order chi connectivity index (χ1) is 13.2. The van der Waals surface area contributed by atoms with Gasteiger partial charge in [0.05, 0.1) is 5.92 Å². The highest BCUT2D eigenvalue weighted by Crippen LogP contribution is 2.44. The Hall–Kier alpha value is -3.07. The molecule has 0 aromatic heterocycles. The van der Waals surface area contributed by atoms with Crippen LogP contribution in [0.15, 0.2) is 72.8 Å². The van der Waals surface area contributed by atoms with Crippen molar-refractivity contribution in [3.8, 4) is 11.5 Å². The van der Waals surface area contributed by atoms with Gasteiger partial charge < -0.3 is 10.1 Å². The number of carbonyl (C=O) groups is 1. The van der Waals surface area contributed by atoms with E-state index in [0.717, 1.165) is 34.7 Å². The maximum atomic E-state index is 13.2. The number of rotatable bonds is 4. The van der Waals surface area contributed by atoms with Crippen LogP contribution in [0.4, 0.5) is 5.69 Å². The molecule has 1 N–H and O–H groups in total. The van der Waals surface area contributed by atoms with Gasteiger partial charge in [-0.25, -0.2) is 0 Å². The molecule has 27 heavy (non-hydrogen) atoms. The Morgan fingerprint density at radius 1 is 0.926 bits per heavy atom. The molecule has 0 bridgehead atoms. The van der Waals surface area contributed by atoms with Crippen LogP contribution >= 0.6 is 0 Å². The van der Waals surface area contributed by atoms with Crippen molar-refractivity contribution in [2.24, 2.45) is 0 Å². The van der Waals surface area contributed by atoms with E-state index in [9.17, 15) is 4.79 Å². The molecule has 1 heterocycles. The van der Waals surface area contributed by atoms with Gasteiger partial charge >= 0.3 is 0 Å². The van der Waals surface area contributed by atoms with E-state index < -0.39 is 0 Å². The van der Waals surface area contributed by atoms with E-state index in [4.69, 9.17) is 4.74 Å². The second-order valence-electron chi connectivity index (χ2n) is 7.03. The Labute approximate surface area is 160 Å². The molecule has 0 radical (unpaired) electrons. The lowest BCUT2D eigenvalue weighted by Crippen LogP contribution is -2.25. The van der Waals surface area contributed by atoms with Crippen LogP contribution in [0.1, 0.15) is 48.8 Å². The lowest BCUT2D eigenvalue weighted by molar-refractivity contribution is -0.116. The van der Waals surface area contributed by atoms with E-state index in [2.05, 4.69) is 31.3 Å². The summed E-state index contributed by atoms with van der Waals surface area (Å²) < 4.78 is 5.98. The van der Waals surface area contributed by atoms with E-state index in [-0.39, 0.29) is 11.8 Å². The van der Waals surface area contributed by atoms with Crippen LogP contribution in [0, 0.1) is 0 Å². The maximum Gasteiger partial charge on any atom is 0.236 e. The van der Waals surface area contributed by atoms with Crippen LogP contribution in [-0.2, 0) is 4.79 Å². The largest absolute Gasteiger partial charge is 0.457 e. The summed E-state index contributed by atoms with van der Waals surface area (Å²) in [5.41, 5.74) is 3.89. The summed E-state index contributed by atoms with van der Waals surface area (Å²) in [6, 6.07) is 23.6. The third-order valence-corrected chi connectivity index (χ3v) is 5.30. The first-order valence-electron chi connectivity index (χ1n) is 9.44. The predicted octanol–water partition coefficient (Wildman–Crippen LogP) is 6.08. The molecule has 0 spiro atoms. The topological polar surface area (TPSA) is 38.3 Å². The van der Waals surface area contributed by atoms with Gasteiger partial charge in [0.15, 0.2) is 0 Å². The van der Waals surface area contributed by atoms with Gasteiger partial charge in [-0.2, -0.15) is 0 Å². The zero-order valence-corrected chi connectivity index (χ0v) is 15.6. The summed E-state index contributed by atoms with van der Waals surface area (Å²) in [5, 5.41) is 3.08. The van der Waals surface area contributed by atoms with Gasteiger partial charge in [-0.05, 0) is 42.2 Å². The number of nitrogens with one attached hydrogen (secondary N) is 1. The van der Waals surface area contributed by atoms with E-state index in [1.165, 1.54) is 5.56 Å². The summed E-state index contributed by atoms with van der Waals surface area (Å²) in [6.07, 6.45) is 1.10. The number of para-hydroxylation sites is 2. The molecular weight excluding hydrogens is 334 g/mol. The molecular formula is C24H23NO2. The summed E-state index contributed by atoms with van der Waals surface area (Å²) >= 11 is 0. The van der Waals surface area contributed by atoms with Gasteiger partial charge in [-0.3, -0.25) is 4.79 Å². The SMILES string of the molecule is CCC(C)c1ccc(NC(=O)C2c3ccccc3Oc3ccccc32)cc1. The minimum absolute atomic E-state index is 0.0468. The molecule has 1 aliphatic heterocycles. The Morgan fingerprint density at radius 3 is 2.04 bits per heavy atom. The number of anilines is 1. The molecule has 136 valence electrons. The normalized spacial score (nSPS) is 13.9. The quantitative estimate of drug-likeness (QED) is 0.615. The highest BCUT2D eigenvalue weighted by molar-refractivity contribution is 5.99. The average molecular weight is 357 g/mol. The molecule has 0 saturated heterocycles. The number of carbonyl (C=O) groups excluding carboxylic acids is 1. The number of fused-ring (bicyclic) bond motifs is 2. The third-order valence-electron chi connectivity index (χ3n) is 5.30. The number of hydrogen-bond donors (Lipinski definition) is 1. The summed E-state index contributed by atoms with van der Waals surface area (Å²) in [4.78, 5) is 13.2. The van der Waals surface area contributed by atoms with Crippen LogP contribution in [0.2, 0.25) is 0 Å². The first kappa shape index (κ1) is 17.3. The summed E-state index contributed by atoms with van der Waals surface area (Å²) in [6.45, 7) is 4.39. The second kappa shape index (κ2) is 7.28. The molecule has 4 rings (SSSR count). The molecule has 1 unspecified atom stereocenters. The van der Waals surface area contributed by atoms with E-state index >= 15 is 0 Å². The summed E-state index contributed by atoms with van der Waals surface area (Å²) in [7, 11) is 0. The zero-order chi connectivity index (χ0) is 18.8. The van der Waals surface area contributed by atoms with E-state index in [0.29, 0.717) is 5.92 Å². The highest BCUT2D eigenvalue weighted by atomic mass is 16.5. The summed E-state index contributed by atoms with van der Waals surface area (Å²) in [5.74, 6) is 1.56. The Kier molecular flexibility index (Phi) is 4.68. The monoisotopic (exact) mass is 357 g/mol. The number of benzene rings is 3. The van der Waals surface area contributed by atoms with Crippen molar-refractivity contribution in [1.82, 2.24) is 0 Å². The highest BCUT2D eigenvalue weighted by Gasteiger charge is 2.32. The van der Waals surface area contributed by atoms with E-state index in [1.807, 2.05) is 60.7 Å². The van der Waals surface area contributed by atoms with Crippen molar-refractivity contribution in [3.05, 3.63) is 89.5 Å². The molecule has 3 aromatic carbocycles. The lowest BCUT2D eigenvalue weighted by Gasteiger charge is -2.27. The Morgan fingerprint density at radius 2 is 1.48 bits per heavy atom. The van der Waals surface area contributed by atoms with Gasteiger partial charge in [0, 0.05) is 16.8 Å². The minimum Gasteiger partial charge on any atom is -0.457 e. The second-order valence-corrected chi connectivity index (χ2v) is 7.03. The molecule has 3 heteroatoms. The van der Waals surface area contributed by atoms with Crippen molar-refractivity contribution in [1.29, 1.82) is 0 Å². The van der Waals surface area contributed by atoms with Gasteiger partial charge in [-0.1, -0.05) is 62.4 Å². The predicted molar refractivity (Wildman–Crippen MR) is 109 cm³/mol. The lowest BCUT2D eigenvalue weighted by atomic mass is 9.87. The standard InChI is InChI=1S/C24H23NO2/c1-3-16(2)17-12-14-18(15-13-17)25-24(26)23-19-8-4-6-10-21(19)27-22-11-7-5-9-20(22)23/h4-16,23H,3H2,1-2H3,(H,25,26). The fraction of sp³-hybridized carbons (Fsp3) is 0.208. The molecule has 3 aromatic rings. The fourth-order valence-electron chi connectivity index (χ4n) is 3.54. The van der Waals surface area contributed by atoms with Crippen LogP contribution in [0.3, 0.4) is 0 Å². The van der Waals surface area contributed by atoms with Crippen molar-refractivity contribution in [2.45, 2.75) is 32.1 Å². The Balaban J connectivity index is 1.64. The molecule has 1 aliphatic rings. The van der Waals surface area contributed by atoms with Gasteiger partial charge in [0.2, 0.25) is 5.91 Å². The molecule has 0 saturated carbocycles. The Bertz CT molecular complexity index is 917. The molecule has 1 atom stereocenters. The first-order valence-corrected chi connectivity index (χ1v) is 9.44. The van der Waals surface area contributed by atoms with Crippen molar-refractivity contribution < 1.29 is 9.53 Å². The van der Waals surface area contributed by atoms with Crippen LogP contribution in [-0.4, -0.2) is 5.91 Å². The minimum atomic E-state index is -0.389. The molecule has 0 aliphatic carbocycles. The number of hydrogen-bond acceptors (Lipinski definition) is 2. The van der Waals surface area contributed by atoms with Crippen molar-refractivity contribution in [3.63, 3.8) is 0 Å². The van der Waals surface area contributed by atoms with Gasteiger partial charge in [-0.15, -0.1) is 0 Å².